The number of fused-ring (bicyclic) bond motifs is 6. The van der Waals surface area contributed by atoms with E-state index in [0.29, 0.717) is 0 Å². The Hall–Kier alpha value is -7.44. The van der Waals surface area contributed by atoms with Gasteiger partial charge in [0.05, 0.1) is 44.5 Å². The molecule has 0 aliphatic carbocycles. The van der Waals surface area contributed by atoms with Gasteiger partial charge < -0.3 is 9.13 Å². The maximum Gasteiger partial charge on any atom is 0.0963 e. The summed E-state index contributed by atoms with van der Waals surface area (Å²) in [5.74, 6) is 0. The van der Waals surface area contributed by atoms with Crippen LogP contribution in [0.15, 0.2) is 181 Å². The van der Waals surface area contributed by atoms with Crippen LogP contribution < -0.4 is 0 Å². The first-order valence-corrected chi connectivity index (χ1v) is 19.0. The van der Waals surface area contributed by atoms with Crippen molar-refractivity contribution in [2.75, 3.05) is 0 Å². The van der Waals surface area contributed by atoms with Crippen molar-refractivity contribution < 1.29 is 0 Å². The lowest BCUT2D eigenvalue weighted by Gasteiger charge is -2.12. The molecule has 1 aliphatic rings. The standard InChI is InChI=1S/C50H34N6/c1-3-24-51-43(16-1)37-12-6-14-39(29-37)55-45-22-20-35(31-41(45)49-47(55)18-8-26-53-49)33-10-5-11-34(28-33)36-21-23-46-42(32-36)50-48(19-9-27-54-50)56(46)40-15-7-13-38(30-40)44-17-2-4-25-52-44/h1,3,5-32H,2,4H2. The molecule has 6 nitrogen and oxygen atoms in total. The highest BCUT2D eigenvalue weighted by Crippen LogP contribution is 2.38. The fraction of sp³-hybridized carbons (Fsp3) is 0.0400. The van der Waals surface area contributed by atoms with Crippen LogP contribution in [0.3, 0.4) is 0 Å². The Bertz CT molecular complexity index is 3200. The van der Waals surface area contributed by atoms with Crippen molar-refractivity contribution in [2.45, 2.75) is 12.8 Å². The second kappa shape index (κ2) is 13.1. The zero-order chi connectivity index (χ0) is 37.0. The van der Waals surface area contributed by atoms with Crippen molar-refractivity contribution in [3.8, 4) is 44.9 Å². The molecule has 0 radical (unpaired) electrons. The Kier molecular flexibility index (Phi) is 7.52. The molecular weight excluding hydrogens is 685 g/mol. The van der Waals surface area contributed by atoms with Crippen molar-refractivity contribution in [2.24, 2.45) is 4.99 Å². The number of aromatic nitrogens is 5. The molecule has 6 heteroatoms. The van der Waals surface area contributed by atoms with Gasteiger partial charge in [-0.2, -0.15) is 0 Å². The van der Waals surface area contributed by atoms with Gasteiger partial charge in [-0.15, -0.1) is 0 Å². The number of hydrogen-bond donors (Lipinski definition) is 0. The van der Waals surface area contributed by atoms with Crippen LogP contribution in [0.1, 0.15) is 18.4 Å². The van der Waals surface area contributed by atoms with Gasteiger partial charge in [0.25, 0.3) is 0 Å². The molecule has 5 aromatic heterocycles. The molecule has 0 saturated carbocycles. The lowest BCUT2D eigenvalue weighted by atomic mass is 9.97. The van der Waals surface area contributed by atoms with E-state index in [9.17, 15) is 0 Å². The molecule has 0 spiro atoms. The van der Waals surface area contributed by atoms with Gasteiger partial charge >= 0.3 is 0 Å². The van der Waals surface area contributed by atoms with E-state index in [2.05, 4.69) is 147 Å². The molecule has 56 heavy (non-hydrogen) atoms. The third-order valence-corrected chi connectivity index (χ3v) is 10.9. The Morgan fingerprint density at radius 2 is 0.964 bits per heavy atom. The zero-order valence-electron chi connectivity index (χ0n) is 30.4. The van der Waals surface area contributed by atoms with E-state index < -0.39 is 0 Å². The van der Waals surface area contributed by atoms with Gasteiger partial charge in [-0.1, -0.05) is 66.7 Å². The number of nitrogens with zero attached hydrogens (tertiary/aromatic N) is 6. The van der Waals surface area contributed by atoms with Crippen LogP contribution in [0.4, 0.5) is 0 Å². The van der Waals surface area contributed by atoms with Crippen molar-refractivity contribution in [3.05, 3.63) is 182 Å². The third kappa shape index (κ3) is 5.34. The molecule has 0 atom stereocenters. The first kappa shape index (κ1) is 32.0. The number of aliphatic imine (C=N–C) groups is 1. The van der Waals surface area contributed by atoms with Crippen LogP contribution in [-0.2, 0) is 0 Å². The number of benzene rings is 5. The molecule has 5 aromatic carbocycles. The molecule has 0 fully saturated rings. The van der Waals surface area contributed by atoms with Crippen LogP contribution in [0.25, 0.3) is 94.5 Å². The van der Waals surface area contributed by atoms with Gasteiger partial charge in [-0.05, 0) is 126 Å². The molecule has 1 aliphatic heterocycles. The van der Waals surface area contributed by atoms with Gasteiger partial charge in [-0.3, -0.25) is 19.9 Å². The molecule has 0 saturated heterocycles. The van der Waals surface area contributed by atoms with Gasteiger partial charge in [0.1, 0.15) is 0 Å². The summed E-state index contributed by atoms with van der Waals surface area (Å²) < 4.78 is 4.63. The highest BCUT2D eigenvalue weighted by atomic mass is 15.0. The average molecular weight is 719 g/mol. The minimum atomic E-state index is 0.949. The molecule has 11 rings (SSSR count). The summed E-state index contributed by atoms with van der Waals surface area (Å²) in [7, 11) is 0. The molecule has 0 N–H and O–H groups in total. The van der Waals surface area contributed by atoms with Crippen LogP contribution in [0.2, 0.25) is 0 Å². The van der Waals surface area contributed by atoms with Crippen LogP contribution >= 0.6 is 0 Å². The maximum atomic E-state index is 4.90. The van der Waals surface area contributed by atoms with Gasteiger partial charge in [0, 0.05) is 58.1 Å². The number of rotatable bonds is 6. The Balaban J connectivity index is 0.995. The molecule has 0 unspecified atom stereocenters. The molecule has 6 heterocycles. The van der Waals surface area contributed by atoms with E-state index in [-0.39, 0.29) is 0 Å². The number of hydrogen-bond acceptors (Lipinski definition) is 4. The van der Waals surface area contributed by atoms with Gasteiger partial charge in [0.2, 0.25) is 0 Å². The summed E-state index contributed by atoms with van der Waals surface area (Å²) in [5.41, 5.74) is 17.3. The number of allylic oxidation sites excluding steroid dienone is 1. The smallest absolute Gasteiger partial charge is 0.0963 e. The summed E-state index contributed by atoms with van der Waals surface area (Å²) in [4.78, 5) is 19.1. The summed E-state index contributed by atoms with van der Waals surface area (Å²) >= 11 is 0. The summed E-state index contributed by atoms with van der Waals surface area (Å²) in [6.07, 6.45) is 11.9. The van der Waals surface area contributed by atoms with Crippen molar-refractivity contribution >= 4 is 55.8 Å². The molecule has 0 bridgehead atoms. The predicted molar refractivity (Wildman–Crippen MR) is 231 cm³/mol. The van der Waals surface area contributed by atoms with Crippen LogP contribution in [0, 0.1) is 0 Å². The second-order valence-electron chi connectivity index (χ2n) is 14.3. The first-order valence-electron chi connectivity index (χ1n) is 19.0. The minimum Gasteiger partial charge on any atom is -0.308 e. The van der Waals surface area contributed by atoms with Crippen molar-refractivity contribution in [1.29, 1.82) is 0 Å². The molecule has 264 valence electrons. The third-order valence-electron chi connectivity index (χ3n) is 10.9. The average Bonchev–Trinajstić information content (AvgIpc) is 3.79. The van der Waals surface area contributed by atoms with E-state index in [1.54, 1.807) is 0 Å². The monoisotopic (exact) mass is 718 g/mol. The highest BCUT2D eigenvalue weighted by Gasteiger charge is 2.17. The van der Waals surface area contributed by atoms with Gasteiger partial charge in [0.15, 0.2) is 0 Å². The fourth-order valence-electron chi connectivity index (χ4n) is 8.31. The lowest BCUT2D eigenvalue weighted by molar-refractivity contribution is 1.09. The van der Waals surface area contributed by atoms with E-state index in [1.165, 1.54) is 0 Å². The van der Waals surface area contributed by atoms with Crippen LogP contribution in [-0.4, -0.2) is 30.3 Å². The first-order chi connectivity index (χ1) is 27.8. The van der Waals surface area contributed by atoms with Crippen LogP contribution in [0.5, 0.6) is 0 Å². The fourth-order valence-corrected chi connectivity index (χ4v) is 8.31. The van der Waals surface area contributed by atoms with Gasteiger partial charge in [-0.25, -0.2) is 0 Å². The van der Waals surface area contributed by atoms with Crippen molar-refractivity contribution in [1.82, 2.24) is 24.1 Å². The second-order valence-corrected chi connectivity index (χ2v) is 14.3. The van der Waals surface area contributed by atoms with E-state index in [0.717, 1.165) is 113 Å². The zero-order valence-corrected chi connectivity index (χ0v) is 30.4. The van der Waals surface area contributed by atoms with E-state index in [4.69, 9.17) is 9.97 Å². The number of pyridine rings is 3. The summed E-state index contributed by atoms with van der Waals surface area (Å²) in [5, 5.41) is 2.24. The Labute approximate surface area is 323 Å². The quantitative estimate of drug-likeness (QED) is 0.172. The Morgan fingerprint density at radius 3 is 1.57 bits per heavy atom. The molecule has 0 amide bonds. The Morgan fingerprint density at radius 1 is 0.393 bits per heavy atom. The minimum absolute atomic E-state index is 0.949. The van der Waals surface area contributed by atoms with Crippen molar-refractivity contribution in [3.63, 3.8) is 0 Å². The normalized spacial score (nSPS) is 12.9. The summed E-state index contributed by atoms with van der Waals surface area (Å²) in [6.45, 7) is 0. The lowest BCUT2D eigenvalue weighted by Crippen LogP contribution is -1.96. The largest absolute Gasteiger partial charge is 0.308 e. The summed E-state index contributed by atoms with van der Waals surface area (Å²) in [6, 6.07) is 53.9. The predicted octanol–water partition coefficient (Wildman–Crippen LogP) is 12.3. The molecule has 10 aromatic rings. The van der Waals surface area contributed by atoms with E-state index in [1.807, 2.05) is 55.1 Å². The SMILES string of the molecule is C1=NC(c2cccc(-n3c4ccc(-c5cccc(-c6ccc7c(c6)c6ncccc6n7-c6cccc(-c7ccccn7)c6)c5)cc4c4ncccc43)c2)=CCC1. The topological polar surface area (TPSA) is 60.9 Å². The highest BCUT2D eigenvalue weighted by molar-refractivity contribution is 6.10. The van der Waals surface area contributed by atoms with E-state index >= 15 is 0 Å². The maximum absolute atomic E-state index is 4.90. The molecular formula is C50H34N6.